The van der Waals surface area contributed by atoms with Crippen LogP contribution in [0.4, 0.5) is 13.2 Å². The molecule has 0 aliphatic rings. The molecule has 1 aromatic rings. The summed E-state index contributed by atoms with van der Waals surface area (Å²) in [6, 6.07) is 5.83. The fourth-order valence-electron chi connectivity index (χ4n) is 1.90. The molecule has 0 fully saturated rings. The second-order valence-electron chi connectivity index (χ2n) is 4.51. The van der Waals surface area contributed by atoms with Crippen LogP contribution in [0.5, 0.6) is 0 Å². The fraction of sp³-hybridized carbons (Fsp3) is 0.571. The summed E-state index contributed by atoms with van der Waals surface area (Å²) in [6.07, 6.45) is -0.604. The summed E-state index contributed by atoms with van der Waals surface area (Å²) in [6.45, 7) is 2.97. The number of hydrogen-bond donors (Lipinski definition) is 1. The van der Waals surface area contributed by atoms with Crippen molar-refractivity contribution in [2.24, 2.45) is 0 Å². The van der Waals surface area contributed by atoms with Gasteiger partial charge in [0.05, 0.1) is 5.56 Å². The van der Waals surface area contributed by atoms with E-state index < -0.39 is 11.7 Å². The van der Waals surface area contributed by atoms with E-state index in [1.54, 1.807) is 17.8 Å². The van der Waals surface area contributed by atoms with Crippen molar-refractivity contribution in [2.45, 2.75) is 32.0 Å². The van der Waals surface area contributed by atoms with Crippen LogP contribution in [0, 0.1) is 0 Å². The molecule has 0 aliphatic heterocycles. The van der Waals surface area contributed by atoms with Crippen molar-refractivity contribution in [3.8, 4) is 0 Å². The lowest BCUT2D eigenvalue weighted by Gasteiger charge is -2.18. The Morgan fingerprint density at radius 3 is 2.63 bits per heavy atom. The maximum Gasteiger partial charge on any atom is 0.416 e. The number of nitrogens with one attached hydrogen (secondary N) is 1. The summed E-state index contributed by atoms with van der Waals surface area (Å²) in [5.41, 5.74) is 0.167. The van der Waals surface area contributed by atoms with Gasteiger partial charge in [-0.25, -0.2) is 0 Å². The first-order chi connectivity index (χ1) is 8.97. The molecule has 1 N–H and O–H groups in total. The molecule has 0 spiro atoms. The molecule has 19 heavy (non-hydrogen) atoms. The number of thioether (sulfide) groups is 1. The highest BCUT2D eigenvalue weighted by molar-refractivity contribution is 7.98. The number of halogens is 3. The molecular formula is C14H20F3NS. The summed E-state index contributed by atoms with van der Waals surface area (Å²) in [5, 5.41) is 3.37. The Hall–Kier alpha value is -0.680. The van der Waals surface area contributed by atoms with Crippen molar-refractivity contribution in [3.05, 3.63) is 35.4 Å². The summed E-state index contributed by atoms with van der Waals surface area (Å²) < 4.78 is 37.9. The first-order valence-electron chi connectivity index (χ1n) is 6.35. The van der Waals surface area contributed by atoms with Crippen molar-refractivity contribution in [1.82, 2.24) is 5.32 Å². The highest BCUT2D eigenvalue weighted by atomic mass is 32.2. The maximum atomic E-state index is 12.6. The van der Waals surface area contributed by atoms with E-state index in [4.69, 9.17) is 0 Å². The average Bonchev–Trinajstić information content (AvgIpc) is 2.35. The van der Waals surface area contributed by atoms with Crippen LogP contribution in [0.2, 0.25) is 0 Å². The summed E-state index contributed by atoms with van der Waals surface area (Å²) >= 11 is 1.70. The first kappa shape index (κ1) is 16.4. The van der Waals surface area contributed by atoms with Crippen LogP contribution in [-0.4, -0.2) is 24.6 Å². The molecule has 1 rings (SSSR count). The monoisotopic (exact) mass is 291 g/mol. The Labute approximate surface area is 117 Å². The molecule has 1 unspecified atom stereocenters. The number of hydrogen-bond acceptors (Lipinski definition) is 2. The van der Waals surface area contributed by atoms with Crippen molar-refractivity contribution >= 4 is 11.8 Å². The van der Waals surface area contributed by atoms with Gasteiger partial charge in [0.1, 0.15) is 0 Å². The average molecular weight is 291 g/mol. The van der Waals surface area contributed by atoms with Crippen molar-refractivity contribution in [1.29, 1.82) is 0 Å². The zero-order valence-electron chi connectivity index (χ0n) is 11.3. The molecule has 1 nitrogen and oxygen atoms in total. The van der Waals surface area contributed by atoms with Gasteiger partial charge in [-0.3, -0.25) is 0 Å². The smallest absolute Gasteiger partial charge is 0.313 e. The third-order valence-corrected chi connectivity index (χ3v) is 3.52. The summed E-state index contributed by atoms with van der Waals surface area (Å²) in [4.78, 5) is 0. The maximum absolute atomic E-state index is 12.6. The molecule has 108 valence electrons. The van der Waals surface area contributed by atoms with E-state index in [9.17, 15) is 13.2 Å². The van der Waals surface area contributed by atoms with Gasteiger partial charge in [0.2, 0.25) is 0 Å². The van der Waals surface area contributed by atoms with Gasteiger partial charge in [-0.1, -0.05) is 25.1 Å². The SMILES string of the molecule is CCCNC(CSC)Cc1cccc(C(F)(F)F)c1. The lowest BCUT2D eigenvalue weighted by Crippen LogP contribution is -2.34. The Morgan fingerprint density at radius 1 is 1.32 bits per heavy atom. The van der Waals surface area contributed by atoms with E-state index in [2.05, 4.69) is 12.2 Å². The van der Waals surface area contributed by atoms with Gasteiger partial charge in [-0.2, -0.15) is 24.9 Å². The third kappa shape index (κ3) is 5.87. The standard InChI is InChI=1S/C14H20F3NS/c1-3-7-18-13(10-19-2)9-11-5-4-6-12(8-11)14(15,16)17/h4-6,8,13,18H,3,7,9-10H2,1-2H3. The predicted molar refractivity (Wildman–Crippen MR) is 75.6 cm³/mol. The second-order valence-corrected chi connectivity index (χ2v) is 5.42. The van der Waals surface area contributed by atoms with Gasteiger partial charge in [-0.15, -0.1) is 0 Å². The minimum Gasteiger partial charge on any atom is -0.313 e. The van der Waals surface area contributed by atoms with Crippen LogP contribution < -0.4 is 5.32 Å². The van der Waals surface area contributed by atoms with Crippen LogP contribution >= 0.6 is 11.8 Å². The van der Waals surface area contributed by atoms with E-state index in [-0.39, 0.29) is 6.04 Å². The number of alkyl halides is 3. The lowest BCUT2D eigenvalue weighted by molar-refractivity contribution is -0.137. The zero-order chi connectivity index (χ0) is 14.3. The molecule has 1 aromatic carbocycles. The molecule has 0 amide bonds. The van der Waals surface area contributed by atoms with Crippen molar-refractivity contribution in [3.63, 3.8) is 0 Å². The molecule has 0 aromatic heterocycles. The quantitative estimate of drug-likeness (QED) is 0.815. The van der Waals surface area contributed by atoms with Crippen LogP contribution in [0.25, 0.3) is 0 Å². The van der Waals surface area contributed by atoms with Crippen LogP contribution in [-0.2, 0) is 12.6 Å². The van der Waals surface area contributed by atoms with E-state index >= 15 is 0 Å². The summed E-state index contributed by atoms with van der Waals surface area (Å²) in [5.74, 6) is 0.899. The van der Waals surface area contributed by atoms with Gasteiger partial charge in [0.15, 0.2) is 0 Å². The highest BCUT2D eigenvalue weighted by Gasteiger charge is 2.30. The van der Waals surface area contributed by atoms with Crippen molar-refractivity contribution in [2.75, 3.05) is 18.6 Å². The molecule has 0 aliphatic carbocycles. The lowest BCUT2D eigenvalue weighted by atomic mass is 10.0. The molecule has 5 heteroatoms. The third-order valence-electron chi connectivity index (χ3n) is 2.79. The number of rotatable bonds is 7. The number of benzene rings is 1. The topological polar surface area (TPSA) is 12.0 Å². The van der Waals surface area contributed by atoms with Gasteiger partial charge in [0.25, 0.3) is 0 Å². The predicted octanol–water partition coefficient (Wildman–Crippen LogP) is 3.98. The van der Waals surface area contributed by atoms with E-state index in [1.165, 1.54) is 12.1 Å². The minimum absolute atomic E-state index is 0.221. The highest BCUT2D eigenvalue weighted by Crippen LogP contribution is 2.29. The van der Waals surface area contributed by atoms with Gasteiger partial charge < -0.3 is 5.32 Å². The Balaban J connectivity index is 2.73. The molecule has 0 bridgehead atoms. The van der Waals surface area contributed by atoms with Gasteiger partial charge in [0, 0.05) is 11.8 Å². The molecule has 0 radical (unpaired) electrons. The Bertz CT molecular complexity index is 379. The molecule has 0 heterocycles. The van der Waals surface area contributed by atoms with Gasteiger partial charge >= 0.3 is 6.18 Å². The Morgan fingerprint density at radius 2 is 2.05 bits per heavy atom. The molecule has 0 saturated carbocycles. The van der Waals surface area contributed by atoms with Gasteiger partial charge in [-0.05, 0) is 37.3 Å². The normalized spacial score (nSPS) is 13.5. The molecule has 1 atom stereocenters. The van der Waals surface area contributed by atoms with Crippen LogP contribution in [0.3, 0.4) is 0 Å². The van der Waals surface area contributed by atoms with Crippen molar-refractivity contribution < 1.29 is 13.2 Å². The van der Waals surface area contributed by atoms with E-state index in [0.717, 1.165) is 30.3 Å². The largest absolute Gasteiger partial charge is 0.416 e. The molecular weight excluding hydrogens is 271 g/mol. The zero-order valence-corrected chi connectivity index (χ0v) is 12.1. The van der Waals surface area contributed by atoms with E-state index in [0.29, 0.717) is 6.42 Å². The fourth-order valence-corrected chi connectivity index (χ4v) is 2.54. The second kappa shape index (κ2) is 7.80. The first-order valence-corrected chi connectivity index (χ1v) is 7.75. The minimum atomic E-state index is -4.26. The van der Waals surface area contributed by atoms with Crippen LogP contribution in [0.1, 0.15) is 24.5 Å². The Kier molecular flexibility index (Phi) is 6.72. The molecule has 0 saturated heterocycles. The van der Waals surface area contributed by atoms with Crippen LogP contribution in [0.15, 0.2) is 24.3 Å². The summed E-state index contributed by atoms with van der Waals surface area (Å²) in [7, 11) is 0. The van der Waals surface area contributed by atoms with E-state index in [1.807, 2.05) is 6.26 Å².